The number of rotatable bonds is 49. The summed E-state index contributed by atoms with van der Waals surface area (Å²) in [7, 11) is 0. The topological polar surface area (TPSA) is 248 Å². The Hall–Kier alpha value is -4.32. The van der Waals surface area contributed by atoms with Crippen molar-refractivity contribution in [1.82, 2.24) is 16.0 Å². The molecule has 0 unspecified atom stereocenters. The van der Waals surface area contributed by atoms with Crippen LogP contribution in [0.3, 0.4) is 0 Å². The molecule has 1 rings (SSSR count). The highest BCUT2D eigenvalue weighted by Crippen LogP contribution is 2.29. The van der Waals surface area contributed by atoms with Gasteiger partial charge in [-0.3, -0.25) is 38.4 Å². The molecule has 1 fully saturated rings. The molecule has 0 radical (unpaired) electrons. The van der Waals surface area contributed by atoms with E-state index in [0.29, 0.717) is 25.7 Å². The highest BCUT2D eigenvalue weighted by Gasteiger charge is 2.52. The second kappa shape index (κ2) is 46.4. The Labute approximate surface area is 469 Å². The Kier molecular flexibility index (Phi) is 42.7. The first-order chi connectivity index (χ1) is 37.5. The van der Waals surface area contributed by atoms with Gasteiger partial charge in [0, 0.05) is 33.6 Å². The minimum Gasteiger partial charge on any atom is -0.480 e. The molecule has 18 heteroatoms. The van der Waals surface area contributed by atoms with Crippen LogP contribution < -0.4 is 16.0 Å². The van der Waals surface area contributed by atoms with E-state index in [-0.39, 0.29) is 19.3 Å². The molecular formula is C60H107N3O15. The molecule has 0 aliphatic carbocycles. The maximum absolute atomic E-state index is 14.3. The molecule has 0 aromatic heterocycles. The summed E-state index contributed by atoms with van der Waals surface area (Å²) in [5.41, 5.74) is 0. The van der Waals surface area contributed by atoms with Crippen molar-refractivity contribution in [3.63, 3.8) is 0 Å². The van der Waals surface area contributed by atoms with Crippen LogP contribution in [-0.4, -0.2) is 115 Å². The average molecular weight is 1110 g/mol. The van der Waals surface area contributed by atoms with Crippen molar-refractivity contribution in [2.24, 2.45) is 0 Å². The van der Waals surface area contributed by atoms with Crippen molar-refractivity contribution in [2.45, 2.75) is 322 Å². The van der Waals surface area contributed by atoms with Gasteiger partial charge in [0.05, 0.1) is 13.0 Å². The Morgan fingerprint density at radius 2 is 0.962 bits per heavy atom. The third kappa shape index (κ3) is 36.8. The molecule has 0 spiro atoms. The maximum Gasteiger partial charge on any atom is 0.325 e. The van der Waals surface area contributed by atoms with E-state index in [2.05, 4.69) is 36.7 Å². The third-order valence-corrected chi connectivity index (χ3v) is 14.2. The van der Waals surface area contributed by atoms with Gasteiger partial charge in [-0.15, -0.1) is 0 Å². The highest BCUT2D eigenvalue weighted by molar-refractivity contribution is 5.90. The lowest BCUT2D eigenvalue weighted by Crippen LogP contribution is -2.67. The van der Waals surface area contributed by atoms with Crippen LogP contribution >= 0.6 is 0 Å². The van der Waals surface area contributed by atoms with E-state index in [0.717, 1.165) is 91.4 Å². The Bertz CT molecular complexity index is 1660. The lowest BCUT2D eigenvalue weighted by atomic mass is 9.95. The van der Waals surface area contributed by atoms with Crippen molar-refractivity contribution in [3.8, 4) is 0 Å². The molecule has 3 amide bonds. The number of unbranched alkanes of at least 4 members (excludes halogenated alkanes) is 28. The number of carboxylic acid groups (broad SMARTS) is 1. The number of carbonyl (C=O) groups excluding carboxylic acids is 7. The number of amides is 3. The maximum atomic E-state index is 14.3. The van der Waals surface area contributed by atoms with E-state index < -0.39 is 110 Å². The summed E-state index contributed by atoms with van der Waals surface area (Å²) >= 11 is 0. The molecule has 4 N–H and O–H groups in total. The molecule has 0 bridgehead atoms. The van der Waals surface area contributed by atoms with E-state index in [1.807, 2.05) is 0 Å². The molecule has 0 aromatic rings. The van der Waals surface area contributed by atoms with E-state index in [4.69, 9.17) is 28.4 Å². The van der Waals surface area contributed by atoms with Crippen LogP contribution in [0.4, 0.5) is 0 Å². The highest BCUT2D eigenvalue weighted by atomic mass is 16.7. The van der Waals surface area contributed by atoms with E-state index in [1.165, 1.54) is 116 Å². The van der Waals surface area contributed by atoms with E-state index in [1.54, 1.807) is 0 Å². The van der Waals surface area contributed by atoms with Crippen LogP contribution in [0.25, 0.3) is 0 Å². The fraction of sp³-hybridized carbons (Fsp3) is 0.867. The first-order valence-electron chi connectivity index (χ1n) is 30.6. The van der Waals surface area contributed by atoms with Gasteiger partial charge in [-0.05, 0) is 32.6 Å². The monoisotopic (exact) mass is 1110 g/mol. The lowest BCUT2D eigenvalue weighted by Gasteiger charge is -2.45. The molecule has 0 aromatic carbocycles. The molecule has 452 valence electrons. The SMILES string of the molecule is CCCCCCCCCCCCCC(=O)N[C@@H](CO[C@@H]1O[C@H](COC(C)=O)[C@@H](OC(C)=O)[C@H](OC(C)=O)[C@H]1NC(=O)C[C@@H](CCCCCCCCCCC)OC(=O)CCCCCCCCCCCCC)C(=O)N[C@H](C)C(=O)O. The third-order valence-electron chi connectivity index (χ3n) is 14.2. The van der Waals surface area contributed by atoms with E-state index >= 15 is 0 Å². The van der Waals surface area contributed by atoms with Gasteiger partial charge in [-0.2, -0.15) is 0 Å². The van der Waals surface area contributed by atoms with Crippen molar-refractivity contribution in [3.05, 3.63) is 0 Å². The fourth-order valence-corrected chi connectivity index (χ4v) is 9.68. The first kappa shape index (κ1) is 71.7. The summed E-state index contributed by atoms with van der Waals surface area (Å²) in [6.45, 7) is 10.1. The fourth-order valence-electron chi connectivity index (χ4n) is 9.68. The number of aliphatic carboxylic acids is 1. The van der Waals surface area contributed by atoms with Crippen LogP contribution in [0.1, 0.15) is 273 Å². The Morgan fingerprint density at radius 1 is 0.526 bits per heavy atom. The normalized spacial score (nSPS) is 18.2. The van der Waals surface area contributed by atoms with Gasteiger partial charge >= 0.3 is 29.8 Å². The quantitative estimate of drug-likeness (QED) is 0.0251. The molecule has 1 aliphatic heterocycles. The number of hydrogen-bond acceptors (Lipinski definition) is 14. The summed E-state index contributed by atoms with van der Waals surface area (Å²) in [5.74, 6) is -6.10. The number of nitrogens with one attached hydrogen (secondary N) is 3. The molecule has 1 heterocycles. The summed E-state index contributed by atoms with van der Waals surface area (Å²) in [6.07, 6.45) is 27.5. The van der Waals surface area contributed by atoms with Gasteiger partial charge < -0.3 is 49.5 Å². The lowest BCUT2D eigenvalue weighted by molar-refractivity contribution is -0.278. The Morgan fingerprint density at radius 3 is 1.41 bits per heavy atom. The standard InChI is InChI=1S/C60H107N3O15/c1-8-11-14-17-20-23-25-28-31-34-37-40-52(67)62-50(58(70)61-45(4)59(71)72)43-74-60-55(57(76-48(7)66)56(75-47(6)65)51(78-60)44-73-46(5)64)63-53(68)42-49(39-36-33-30-27-22-19-16-13-10-3)77-54(69)41-38-35-32-29-26-24-21-18-15-12-9-2/h45,49-51,55-57,60H,8-44H2,1-7H3,(H,61,70)(H,62,67)(H,63,68)(H,71,72)/t45-,49-,50+,51-,55-,56-,57-,60-/m1/s1. The molecule has 0 saturated carbocycles. The Balaban J connectivity index is 3.39. The zero-order valence-electron chi connectivity index (χ0n) is 49.4. The van der Waals surface area contributed by atoms with Gasteiger partial charge in [0.25, 0.3) is 0 Å². The van der Waals surface area contributed by atoms with Crippen LogP contribution in [-0.2, 0) is 66.8 Å². The van der Waals surface area contributed by atoms with Gasteiger partial charge in [0.2, 0.25) is 17.7 Å². The smallest absolute Gasteiger partial charge is 0.325 e. The minimum absolute atomic E-state index is 0.0844. The number of carboxylic acids is 1. The van der Waals surface area contributed by atoms with Gasteiger partial charge in [-0.1, -0.05) is 201 Å². The summed E-state index contributed by atoms with van der Waals surface area (Å²) in [5, 5.41) is 17.5. The minimum atomic E-state index is -1.62. The van der Waals surface area contributed by atoms with Crippen LogP contribution in [0, 0.1) is 0 Å². The van der Waals surface area contributed by atoms with Gasteiger partial charge in [-0.25, -0.2) is 0 Å². The zero-order valence-corrected chi connectivity index (χ0v) is 49.4. The average Bonchev–Trinajstić information content (AvgIpc) is 3.44. The number of esters is 4. The summed E-state index contributed by atoms with van der Waals surface area (Å²) in [4.78, 5) is 104. The molecule has 8 atom stereocenters. The molecule has 1 aliphatic rings. The van der Waals surface area contributed by atoms with Crippen LogP contribution in [0.5, 0.6) is 0 Å². The van der Waals surface area contributed by atoms with Crippen molar-refractivity contribution in [1.29, 1.82) is 0 Å². The summed E-state index contributed by atoms with van der Waals surface area (Å²) < 4.78 is 35.2. The molecule has 1 saturated heterocycles. The van der Waals surface area contributed by atoms with Crippen LogP contribution in [0.15, 0.2) is 0 Å². The number of carbonyl (C=O) groups is 8. The zero-order chi connectivity index (χ0) is 57.8. The predicted molar refractivity (Wildman–Crippen MR) is 300 cm³/mol. The van der Waals surface area contributed by atoms with Crippen LogP contribution in [0.2, 0.25) is 0 Å². The largest absolute Gasteiger partial charge is 0.480 e. The van der Waals surface area contributed by atoms with Crippen molar-refractivity contribution < 1.29 is 71.9 Å². The predicted octanol–water partition coefficient (Wildman–Crippen LogP) is 11.3. The second-order valence-electron chi connectivity index (χ2n) is 21.6. The van der Waals surface area contributed by atoms with E-state index in [9.17, 15) is 43.5 Å². The molecule has 78 heavy (non-hydrogen) atoms. The number of ether oxygens (including phenoxy) is 6. The summed E-state index contributed by atoms with van der Waals surface area (Å²) in [6, 6.07) is -4.28. The van der Waals surface area contributed by atoms with Crippen molar-refractivity contribution in [2.75, 3.05) is 13.2 Å². The second-order valence-corrected chi connectivity index (χ2v) is 21.6. The number of hydrogen-bond donors (Lipinski definition) is 4. The first-order valence-corrected chi connectivity index (χ1v) is 30.6. The van der Waals surface area contributed by atoms with Gasteiger partial charge in [0.15, 0.2) is 18.5 Å². The van der Waals surface area contributed by atoms with Gasteiger partial charge in [0.1, 0.15) is 36.9 Å². The molecular weight excluding hydrogens is 1000 g/mol. The van der Waals surface area contributed by atoms with Crippen molar-refractivity contribution >= 4 is 47.6 Å². The molecule has 18 nitrogen and oxygen atoms in total.